The van der Waals surface area contributed by atoms with Gasteiger partial charge >= 0.3 is 0 Å². The Hall–Kier alpha value is -1.06. The Morgan fingerprint density at radius 1 is 1.25 bits per heavy atom. The zero-order chi connectivity index (χ0) is 11.2. The molecule has 1 aromatic rings. The van der Waals surface area contributed by atoms with Gasteiger partial charge in [0.2, 0.25) is 0 Å². The number of hydrogen-bond donors (Lipinski definition) is 3. The molecule has 0 spiro atoms. The van der Waals surface area contributed by atoms with E-state index in [-0.39, 0.29) is 0 Å². The Bertz CT molecular complexity index is 389. The summed E-state index contributed by atoms with van der Waals surface area (Å²) in [4.78, 5) is 0. The van der Waals surface area contributed by atoms with Crippen molar-refractivity contribution in [3.8, 4) is 0 Å². The number of anilines is 1. The number of hydrogen-bond acceptors (Lipinski definition) is 3. The first kappa shape index (κ1) is 10.1. The lowest BCUT2D eigenvalue weighted by Gasteiger charge is -2.40. The van der Waals surface area contributed by atoms with Crippen LogP contribution in [0.4, 0.5) is 5.69 Å². The first-order chi connectivity index (χ1) is 7.71. The van der Waals surface area contributed by atoms with Gasteiger partial charge < -0.3 is 16.2 Å². The minimum Gasteiger partial charge on any atom is -0.399 e. The van der Waals surface area contributed by atoms with Gasteiger partial charge in [-0.1, -0.05) is 12.1 Å². The molecule has 1 aliphatic carbocycles. The lowest BCUT2D eigenvalue weighted by molar-refractivity contribution is -0.0575. The monoisotopic (exact) mass is 218 g/mol. The quantitative estimate of drug-likeness (QED) is 0.618. The van der Waals surface area contributed by atoms with Crippen molar-refractivity contribution in [3.63, 3.8) is 0 Å². The number of benzene rings is 1. The maximum absolute atomic E-state index is 11.0. The molecule has 2 atom stereocenters. The molecule has 3 heteroatoms. The summed E-state index contributed by atoms with van der Waals surface area (Å²) in [6, 6.07) is 7.74. The van der Waals surface area contributed by atoms with Crippen molar-refractivity contribution < 1.29 is 5.11 Å². The summed E-state index contributed by atoms with van der Waals surface area (Å²) in [7, 11) is 0. The van der Waals surface area contributed by atoms with Crippen LogP contribution >= 0.6 is 0 Å². The zero-order valence-electron chi connectivity index (χ0n) is 9.32. The molecule has 0 radical (unpaired) electrons. The van der Waals surface area contributed by atoms with E-state index < -0.39 is 5.60 Å². The number of nitrogen functional groups attached to an aromatic ring is 1. The van der Waals surface area contributed by atoms with E-state index >= 15 is 0 Å². The number of aliphatic hydroxyl groups is 1. The molecule has 1 heterocycles. The predicted octanol–water partition coefficient (Wildman–Crippen LogP) is 1.09. The molecule has 1 aliphatic heterocycles. The van der Waals surface area contributed by atoms with Gasteiger partial charge in [0, 0.05) is 30.6 Å². The van der Waals surface area contributed by atoms with Gasteiger partial charge in [-0.2, -0.15) is 0 Å². The van der Waals surface area contributed by atoms with E-state index in [0.717, 1.165) is 37.2 Å². The number of nitrogens with one attached hydrogen (secondary N) is 1. The molecule has 1 saturated heterocycles. The summed E-state index contributed by atoms with van der Waals surface area (Å²) in [5.74, 6) is 0.682. The summed E-state index contributed by atoms with van der Waals surface area (Å²) in [6.45, 7) is 1.84. The average molecular weight is 218 g/mol. The van der Waals surface area contributed by atoms with Gasteiger partial charge in [0.1, 0.15) is 0 Å². The van der Waals surface area contributed by atoms with Crippen LogP contribution in [0.3, 0.4) is 0 Å². The molecule has 0 aromatic heterocycles. The number of fused-ring (bicyclic) bond motifs is 2. The second-order valence-corrected chi connectivity index (χ2v) is 5.08. The van der Waals surface area contributed by atoms with Gasteiger partial charge in [0.15, 0.2) is 0 Å². The molecule has 16 heavy (non-hydrogen) atoms. The van der Waals surface area contributed by atoms with Crippen molar-refractivity contribution in [1.29, 1.82) is 0 Å². The molecule has 2 fully saturated rings. The molecule has 2 aliphatic rings. The van der Waals surface area contributed by atoms with Crippen LogP contribution in [0.25, 0.3) is 0 Å². The molecular weight excluding hydrogens is 200 g/mol. The summed E-state index contributed by atoms with van der Waals surface area (Å²) >= 11 is 0. The number of piperidine rings is 1. The average Bonchev–Trinajstić information content (AvgIpc) is 2.50. The van der Waals surface area contributed by atoms with Gasteiger partial charge in [0.05, 0.1) is 5.60 Å². The summed E-state index contributed by atoms with van der Waals surface area (Å²) in [5, 5.41) is 14.4. The highest BCUT2D eigenvalue weighted by Crippen LogP contribution is 2.49. The largest absolute Gasteiger partial charge is 0.399 e. The van der Waals surface area contributed by atoms with Crippen molar-refractivity contribution in [2.24, 2.45) is 11.8 Å². The molecule has 1 saturated carbocycles. The molecule has 3 nitrogen and oxygen atoms in total. The Morgan fingerprint density at radius 3 is 2.56 bits per heavy atom. The fourth-order valence-corrected chi connectivity index (χ4v) is 3.38. The Labute approximate surface area is 95.7 Å². The highest BCUT2D eigenvalue weighted by Gasteiger charge is 2.51. The normalized spacial score (nSPS) is 37.6. The van der Waals surface area contributed by atoms with Crippen LogP contribution in [0.5, 0.6) is 0 Å². The molecule has 86 valence electrons. The molecule has 3 rings (SSSR count). The Balaban J connectivity index is 2.04. The van der Waals surface area contributed by atoms with Crippen LogP contribution in [-0.4, -0.2) is 18.2 Å². The summed E-state index contributed by atoms with van der Waals surface area (Å²) in [5.41, 5.74) is 6.90. The number of rotatable bonds is 1. The maximum Gasteiger partial charge on any atom is 0.0977 e. The Morgan fingerprint density at radius 2 is 1.94 bits per heavy atom. The molecule has 2 unspecified atom stereocenters. The van der Waals surface area contributed by atoms with Crippen LogP contribution < -0.4 is 11.1 Å². The first-order valence-corrected chi connectivity index (χ1v) is 6.00. The van der Waals surface area contributed by atoms with Crippen molar-refractivity contribution in [2.75, 3.05) is 18.8 Å². The Kier molecular flexibility index (Phi) is 2.19. The van der Waals surface area contributed by atoms with Crippen molar-refractivity contribution in [1.82, 2.24) is 5.32 Å². The van der Waals surface area contributed by atoms with Crippen LogP contribution in [0.15, 0.2) is 24.3 Å². The fraction of sp³-hybridized carbons (Fsp3) is 0.538. The van der Waals surface area contributed by atoms with E-state index in [1.165, 1.54) is 0 Å². The van der Waals surface area contributed by atoms with E-state index in [1.54, 1.807) is 0 Å². The van der Waals surface area contributed by atoms with E-state index in [9.17, 15) is 5.11 Å². The van der Waals surface area contributed by atoms with Gasteiger partial charge in [-0.3, -0.25) is 0 Å². The third kappa shape index (κ3) is 1.28. The highest BCUT2D eigenvalue weighted by atomic mass is 16.3. The second kappa shape index (κ2) is 3.47. The van der Waals surface area contributed by atoms with Crippen LogP contribution in [0, 0.1) is 11.8 Å². The smallest absolute Gasteiger partial charge is 0.0977 e. The molecule has 2 bridgehead atoms. The maximum atomic E-state index is 11.0. The van der Waals surface area contributed by atoms with Gasteiger partial charge in [-0.15, -0.1) is 0 Å². The minimum absolute atomic E-state index is 0.341. The van der Waals surface area contributed by atoms with E-state index in [0.29, 0.717) is 11.8 Å². The van der Waals surface area contributed by atoms with Crippen molar-refractivity contribution in [3.05, 3.63) is 29.8 Å². The topological polar surface area (TPSA) is 58.3 Å². The molecular formula is C13H18N2O. The molecule has 4 N–H and O–H groups in total. The standard InChI is InChI=1S/C13H18N2O/c14-12-3-1-2-9(6-12)13(16)10-4-5-11(13)8-15-7-10/h1-3,6,10-11,15-16H,4-5,7-8,14H2. The van der Waals surface area contributed by atoms with Crippen LogP contribution in [0.1, 0.15) is 18.4 Å². The van der Waals surface area contributed by atoms with Gasteiger partial charge in [-0.25, -0.2) is 0 Å². The van der Waals surface area contributed by atoms with Crippen molar-refractivity contribution >= 4 is 5.69 Å². The van der Waals surface area contributed by atoms with Gasteiger partial charge in [0.25, 0.3) is 0 Å². The van der Waals surface area contributed by atoms with Crippen molar-refractivity contribution in [2.45, 2.75) is 18.4 Å². The molecule has 1 aromatic carbocycles. The van der Waals surface area contributed by atoms with Crippen LogP contribution in [-0.2, 0) is 5.60 Å². The minimum atomic E-state index is -0.652. The third-order valence-corrected chi connectivity index (χ3v) is 4.24. The first-order valence-electron chi connectivity index (χ1n) is 6.00. The number of nitrogens with two attached hydrogens (primary N) is 1. The van der Waals surface area contributed by atoms with Gasteiger partial charge in [-0.05, 0) is 30.5 Å². The lowest BCUT2D eigenvalue weighted by Crippen LogP contribution is -2.50. The summed E-state index contributed by atoms with van der Waals surface area (Å²) in [6.07, 6.45) is 2.23. The van der Waals surface area contributed by atoms with E-state index in [4.69, 9.17) is 5.73 Å². The van der Waals surface area contributed by atoms with Crippen LogP contribution in [0.2, 0.25) is 0 Å². The van der Waals surface area contributed by atoms with E-state index in [2.05, 4.69) is 5.32 Å². The SMILES string of the molecule is Nc1cccc(C2(O)C3CCC2CNC3)c1. The third-order valence-electron chi connectivity index (χ3n) is 4.24. The lowest BCUT2D eigenvalue weighted by atomic mass is 9.76. The fourth-order valence-electron chi connectivity index (χ4n) is 3.38. The second-order valence-electron chi connectivity index (χ2n) is 5.08. The molecule has 0 amide bonds. The summed E-state index contributed by atoms with van der Waals surface area (Å²) < 4.78 is 0. The predicted molar refractivity (Wildman–Crippen MR) is 63.8 cm³/mol. The highest BCUT2D eigenvalue weighted by molar-refractivity contribution is 5.43. The zero-order valence-corrected chi connectivity index (χ0v) is 9.32. The van der Waals surface area contributed by atoms with E-state index in [1.807, 2.05) is 24.3 Å².